The second kappa shape index (κ2) is 6.45. The van der Waals surface area contributed by atoms with Crippen molar-refractivity contribution in [2.45, 2.75) is 5.92 Å². The first-order chi connectivity index (χ1) is 12.8. The third kappa shape index (κ3) is 3.21. The first-order valence-corrected chi connectivity index (χ1v) is 8.74. The topological polar surface area (TPSA) is 43.6 Å². The molecule has 0 fully saturated rings. The van der Waals surface area contributed by atoms with Crippen molar-refractivity contribution in [3.63, 3.8) is 0 Å². The van der Waals surface area contributed by atoms with Crippen LogP contribution in [-0.2, 0) is 13.0 Å². The summed E-state index contributed by atoms with van der Waals surface area (Å²) in [4.78, 5) is 8.01. The smallest absolute Gasteiger partial charge is 0.275 e. The number of nitrogens with zero attached hydrogens (tertiary/aromatic N) is 4. The number of hydrogen-bond acceptors (Lipinski definition) is 3. The van der Waals surface area contributed by atoms with Gasteiger partial charge in [0, 0.05) is 29.8 Å². The maximum absolute atomic E-state index is 14.9. The van der Waals surface area contributed by atoms with Crippen molar-refractivity contribution in [3.8, 4) is 11.1 Å². The van der Waals surface area contributed by atoms with Crippen LogP contribution in [0.5, 0.6) is 0 Å². The molecular weight excluding hydrogens is 421 g/mol. The molecule has 8 heteroatoms. The fraction of sp³-hybridized carbons (Fsp3) is 0.105. The summed E-state index contributed by atoms with van der Waals surface area (Å²) in [7, 11) is 1.80. The minimum Gasteiger partial charge on any atom is -0.275 e. The van der Waals surface area contributed by atoms with E-state index >= 15 is 0 Å². The van der Waals surface area contributed by atoms with E-state index in [9.17, 15) is 13.2 Å². The molecule has 0 aliphatic rings. The summed E-state index contributed by atoms with van der Waals surface area (Å²) in [5.74, 6) is -4.71. The third-order valence-corrected chi connectivity index (χ3v) is 4.78. The van der Waals surface area contributed by atoms with E-state index in [0.717, 1.165) is 35.4 Å². The van der Waals surface area contributed by atoms with Gasteiger partial charge in [-0.1, -0.05) is 6.07 Å². The van der Waals surface area contributed by atoms with E-state index in [1.807, 2.05) is 12.3 Å². The van der Waals surface area contributed by atoms with Gasteiger partial charge in [-0.05, 0) is 57.9 Å². The lowest BCUT2D eigenvalue weighted by Crippen LogP contribution is -2.19. The summed E-state index contributed by atoms with van der Waals surface area (Å²) >= 11 is 3.25. The number of fused-ring (bicyclic) bond motifs is 1. The van der Waals surface area contributed by atoms with Crippen LogP contribution in [0, 0.1) is 5.82 Å². The quantitative estimate of drug-likeness (QED) is 0.424. The summed E-state index contributed by atoms with van der Waals surface area (Å²) in [5, 5.41) is 4.73. The van der Waals surface area contributed by atoms with Crippen molar-refractivity contribution < 1.29 is 13.2 Å². The molecule has 4 rings (SSSR count). The van der Waals surface area contributed by atoms with Gasteiger partial charge in [-0.3, -0.25) is 4.68 Å². The van der Waals surface area contributed by atoms with E-state index in [0.29, 0.717) is 10.9 Å². The van der Waals surface area contributed by atoms with Gasteiger partial charge in [0.15, 0.2) is 0 Å². The highest BCUT2D eigenvalue weighted by atomic mass is 79.9. The highest BCUT2D eigenvalue weighted by molar-refractivity contribution is 9.10. The predicted octanol–water partition coefficient (Wildman–Crippen LogP) is 5.07. The first kappa shape index (κ1) is 17.7. The van der Waals surface area contributed by atoms with Gasteiger partial charge < -0.3 is 0 Å². The van der Waals surface area contributed by atoms with Crippen LogP contribution in [0.25, 0.3) is 22.0 Å². The summed E-state index contributed by atoms with van der Waals surface area (Å²) in [6.45, 7) is 0. The molecule has 4 nitrogen and oxygen atoms in total. The molecule has 0 aliphatic carbocycles. The highest BCUT2D eigenvalue weighted by Crippen LogP contribution is 2.36. The van der Waals surface area contributed by atoms with Crippen LogP contribution in [-0.4, -0.2) is 19.7 Å². The van der Waals surface area contributed by atoms with Gasteiger partial charge in [-0.2, -0.15) is 13.9 Å². The van der Waals surface area contributed by atoms with Gasteiger partial charge in [0.25, 0.3) is 0 Å². The lowest BCUT2D eigenvalue weighted by atomic mass is 10.1. The van der Waals surface area contributed by atoms with E-state index in [-0.39, 0.29) is 10.2 Å². The molecule has 0 amide bonds. The van der Waals surface area contributed by atoms with Crippen LogP contribution in [0.1, 0.15) is 11.4 Å². The molecule has 0 spiro atoms. The zero-order valence-corrected chi connectivity index (χ0v) is 15.6. The molecule has 2 aromatic carbocycles. The van der Waals surface area contributed by atoms with Crippen LogP contribution in [0.3, 0.4) is 0 Å². The molecule has 0 atom stereocenters. The highest BCUT2D eigenvalue weighted by Gasteiger charge is 2.38. The Hall–Kier alpha value is -2.74. The molecule has 0 radical (unpaired) electrons. The normalized spacial score (nSPS) is 11.9. The number of aryl methyl sites for hydroxylation is 1. The zero-order chi connectivity index (χ0) is 19.2. The van der Waals surface area contributed by atoms with E-state index in [1.54, 1.807) is 30.1 Å². The second-order valence-corrected chi connectivity index (χ2v) is 6.81. The summed E-state index contributed by atoms with van der Waals surface area (Å²) in [5.41, 5.74) is 1.65. The van der Waals surface area contributed by atoms with Gasteiger partial charge in [0.1, 0.15) is 10.4 Å². The number of hydrogen-bond donors (Lipinski definition) is 0. The maximum Gasteiger partial charge on any atom is 0.331 e. The largest absolute Gasteiger partial charge is 0.331 e. The minimum atomic E-state index is -3.46. The molecule has 136 valence electrons. The fourth-order valence-electron chi connectivity index (χ4n) is 2.77. The van der Waals surface area contributed by atoms with Crippen molar-refractivity contribution in [2.24, 2.45) is 7.05 Å². The fourth-order valence-corrected chi connectivity index (χ4v) is 3.27. The maximum atomic E-state index is 14.9. The monoisotopic (exact) mass is 432 g/mol. The molecule has 0 N–H and O–H groups in total. The summed E-state index contributed by atoms with van der Waals surface area (Å²) < 4.78 is 44.7. The molecule has 27 heavy (non-hydrogen) atoms. The number of alkyl halides is 2. The Labute approximate surface area is 160 Å². The van der Waals surface area contributed by atoms with Crippen molar-refractivity contribution in [2.75, 3.05) is 0 Å². The number of benzene rings is 2. The first-order valence-electron chi connectivity index (χ1n) is 7.95. The SMILES string of the molecule is Cn1cc(-c2ccc3c(Br)nc(C(F)(F)c4ccc(F)cc4)nc3c2)cn1. The summed E-state index contributed by atoms with van der Waals surface area (Å²) in [6, 6.07) is 9.36. The van der Waals surface area contributed by atoms with Crippen LogP contribution < -0.4 is 0 Å². The van der Waals surface area contributed by atoms with Crippen LogP contribution in [0.15, 0.2) is 59.5 Å². The average molecular weight is 433 g/mol. The van der Waals surface area contributed by atoms with Crippen molar-refractivity contribution in [1.29, 1.82) is 0 Å². The lowest BCUT2D eigenvalue weighted by Gasteiger charge is -2.16. The Balaban J connectivity index is 1.85. The Bertz CT molecular complexity index is 1140. The van der Waals surface area contributed by atoms with Crippen LogP contribution in [0.4, 0.5) is 13.2 Å². The standard InChI is InChI=1S/C19H12BrF3N4/c1-27-10-12(9-24-27)11-2-7-15-16(8-11)25-18(26-17(15)20)19(22,23)13-3-5-14(21)6-4-13/h2-10H,1H3. The minimum absolute atomic E-state index is 0.266. The van der Waals surface area contributed by atoms with Crippen molar-refractivity contribution in [1.82, 2.24) is 19.7 Å². The van der Waals surface area contributed by atoms with Crippen LogP contribution >= 0.6 is 15.9 Å². The number of halogens is 4. The Kier molecular flexibility index (Phi) is 4.22. The molecule has 0 unspecified atom stereocenters. The van der Waals surface area contributed by atoms with Gasteiger partial charge >= 0.3 is 5.92 Å². The summed E-state index contributed by atoms with van der Waals surface area (Å²) in [6.07, 6.45) is 3.51. The predicted molar refractivity (Wildman–Crippen MR) is 98.8 cm³/mol. The molecule has 4 aromatic rings. The Morgan fingerprint density at radius 3 is 2.41 bits per heavy atom. The molecular formula is C19H12BrF3N4. The average Bonchev–Trinajstić information content (AvgIpc) is 3.08. The van der Waals surface area contributed by atoms with Crippen LogP contribution in [0.2, 0.25) is 0 Å². The zero-order valence-electron chi connectivity index (χ0n) is 14.0. The molecule has 2 heterocycles. The molecule has 0 aliphatic heterocycles. The third-order valence-electron chi connectivity index (χ3n) is 4.18. The van der Waals surface area contributed by atoms with E-state index in [4.69, 9.17) is 0 Å². The van der Waals surface area contributed by atoms with Gasteiger partial charge in [0.05, 0.1) is 11.7 Å². The molecule has 0 bridgehead atoms. The van der Waals surface area contributed by atoms with Crippen molar-refractivity contribution >= 4 is 26.8 Å². The second-order valence-electron chi connectivity index (χ2n) is 6.05. The lowest BCUT2D eigenvalue weighted by molar-refractivity contribution is 0.0329. The van der Waals surface area contributed by atoms with Gasteiger partial charge in [-0.25, -0.2) is 14.4 Å². The molecule has 0 saturated carbocycles. The number of aromatic nitrogens is 4. The van der Waals surface area contributed by atoms with Crippen molar-refractivity contribution in [3.05, 3.63) is 76.7 Å². The van der Waals surface area contributed by atoms with E-state index < -0.39 is 17.6 Å². The molecule has 2 aromatic heterocycles. The number of rotatable bonds is 3. The Morgan fingerprint density at radius 2 is 1.74 bits per heavy atom. The van der Waals surface area contributed by atoms with E-state index in [1.165, 1.54) is 0 Å². The molecule has 0 saturated heterocycles. The van der Waals surface area contributed by atoms with E-state index in [2.05, 4.69) is 31.0 Å². The van der Waals surface area contributed by atoms with Gasteiger partial charge in [0.2, 0.25) is 5.82 Å². The Morgan fingerprint density at radius 1 is 1.00 bits per heavy atom. The van der Waals surface area contributed by atoms with Gasteiger partial charge in [-0.15, -0.1) is 0 Å².